The summed E-state index contributed by atoms with van der Waals surface area (Å²) >= 11 is 0. The number of carbonyl (C=O) groups is 1. The van der Waals surface area contributed by atoms with Crippen LogP contribution in [0.1, 0.15) is 16.9 Å². The summed E-state index contributed by atoms with van der Waals surface area (Å²) < 4.78 is 7.03. The first-order valence-corrected chi connectivity index (χ1v) is 6.67. The van der Waals surface area contributed by atoms with Crippen molar-refractivity contribution in [1.82, 2.24) is 14.8 Å². The number of nitrogens with two attached hydrogens (primary N) is 1. The molecule has 0 radical (unpaired) electrons. The van der Waals surface area contributed by atoms with Gasteiger partial charge in [-0.05, 0) is 19.0 Å². The molecule has 1 aliphatic heterocycles. The first kappa shape index (κ1) is 13.9. The number of rotatable bonds is 5. The van der Waals surface area contributed by atoms with E-state index in [-0.39, 0.29) is 5.91 Å². The molecule has 0 atom stereocenters. The number of hydrogen-bond acceptors (Lipinski definition) is 4. The molecule has 1 aromatic heterocycles. The van der Waals surface area contributed by atoms with Gasteiger partial charge in [-0.3, -0.25) is 9.69 Å². The maximum absolute atomic E-state index is 11.9. The second-order valence-corrected chi connectivity index (χ2v) is 4.83. The Bertz CT molecular complexity index is 424. The van der Waals surface area contributed by atoms with Gasteiger partial charge in [0, 0.05) is 32.9 Å². The number of aryl methyl sites for hydroxylation is 1. The van der Waals surface area contributed by atoms with Crippen LogP contribution >= 0.6 is 0 Å². The minimum atomic E-state index is -0.0684. The van der Waals surface area contributed by atoms with Gasteiger partial charge in [0.2, 0.25) is 0 Å². The zero-order valence-corrected chi connectivity index (χ0v) is 11.4. The van der Waals surface area contributed by atoms with Crippen molar-refractivity contribution >= 4 is 11.6 Å². The van der Waals surface area contributed by atoms with Crippen molar-refractivity contribution in [1.29, 1.82) is 0 Å². The van der Waals surface area contributed by atoms with Gasteiger partial charge >= 0.3 is 0 Å². The van der Waals surface area contributed by atoms with Crippen molar-refractivity contribution < 1.29 is 9.53 Å². The number of morpholine rings is 1. The Hall–Kier alpha value is -1.53. The van der Waals surface area contributed by atoms with Crippen LogP contribution < -0.4 is 11.1 Å². The third kappa shape index (κ3) is 3.97. The summed E-state index contributed by atoms with van der Waals surface area (Å²) in [5.74, 6) is -0.0684. The lowest BCUT2D eigenvalue weighted by Crippen LogP contribution is -2.38. The number of aromatic nitrogens is 1. The van der Waals surface area contributed by atoms with Crippen molar-refractivity contribution in [3.05, 3.63) is 18.0 Å². The van der Waals surface area contributed by atoms with E-state index in [0.717, 1.165) is 39.3 Å². The van der Waals surface area contributed by atoms with E-state index < -0.39 is 0 Å². The smallest absolute Gasteiger partial charge is 0.267 e. The van der Waals surface area contributed by atoms with Gasteiger partial charge in [-0.2, -0.15) is 0 Å². The second-order valence-electron chi connectivity index (χ2n) is 4.83. The maximum atomic E-state index is 11.9. The molecule has 0 unspecified atom stereocenters. The van der Waals surface area contributed by atoms with Gasteiger partial charge in [0.1, 0.15) is 5.69 Å². The highest BCUT2D eigenvalue weighted by molar-refractivity contribution is 5.93. The quantitative estimate of drug-likeness (QED) is 0.739. The molecule has 1 fully saturated rings. The molecule has 0 saturated carbocycles. The van der Waals surface area contributed by atoms with Gasteiger partial charge in [0.15, 0.2) is 0 Å². The molecule has 3 N–H and O–H groups in total. The van der Waals surface area contributed by atoms with E-state index in [1.54, 1.807) is 16.8 Å². The number of ether oxygens (including phenoxy) is 1. The van der Waals surface area contributed by atoms with Crippen LogP contribution in [-0.4, -0.2) is 54.8 Å². The summed E-state index contributed by atoms with van der Waals surface area (Å²) in [7, 11) is 1.82. The number of nitrogens with one attached hydrogen (secondary N) is 1. The fourth-order valence-corrected chi connectivity index (χ4v) is 2.24. The van der Waals surface area contributed by atoms with Gasteiger partial charge in [-0.15, -0.1) is 0 Å². The van der Waals surface area contributed by atoms with E-state index in [1.165, 1.54) is 0 Å². The lowest BCUT2D eigenvalue weighted by atomic mass is 10.3. The molecule has 1 amide bonds. The Balaban J connectivity index is 1.67. The molecule has 106 valence electrons. The summed E-state index contributed by atoms with van der Waals surface area (Å²) in [6, 6.07) is 1.69. The number of carbonyl (C=O) groups excluding carboxylic acids is 1. The van der Waals surface area contributed by atoms with Crippen LogP contribution in [0.2, 0.25) is 0 Å². The largest absolute Gasteiger partial charge is 0.397 e. The third-order valence-corrected chi connectivity index (χ3v) is 3.30. The number of hydrogen-bond donors (Lipinski definition) is 2. The molecule has 0 aliphatic carbocycles. The van der Waals surface area contributed by atoms with Gasteiger partial charge in [0.25, 0.3) is 5.91 Å². The van der Waals surface area contributed by atoms with E-state index in [4.69, 9.17) is 10.5 Å². The highest BCUT2D eigenvalue weighted by Gasteiger charge is 2.11. The molecule has 1 saturated heterocycles. The Morgan fingerprint density at radius 3 is 2.84 bits per heavy atom. The fraction of sp³-hybridized carbons (Fsp3) is 0.615. The van der Waals surface area contributed by atoms with Crippen LogP contribution in [0.15, 0.2) is 12.3 Å². The molecular formula is C13H22N4O2. The molecule has 1 aromatic rings. The van der Waals surface area contributed by atoms with Gasteiger partial charge in [0.05, 0.1) is 18.9 Å². The van der Waals surface area contributed by atoms with Gasteiger partial charge in [-0.1, -0.05) is 0 Å². The predicted octanol–water partition coefficient (Wildman–Crippen LogP) is 0.0594. The first-order valence-electron chi connectivity index (χ1n) is 6.67. The van der Waals surface area contributed by atoms with Crippen LogP contribution in [0.25, 0.3) is 0 Å². The molecule has 0 aromatic carbocycles. The molecule has 2 rings (SSSR count). The molecule has 0 spiro atoms. The van der Waals surface area contributed by atoms with Crippen LogP contribution in [0.5, 0.6) is 0 Å². The summed E-state index contributed by atoms with van der Waals surface area (Å²) in [4.78, 5) is 14.3. The van der Waals surface area contributed by atoms with Crippen LogP contribution in [-0.2, 0) is 11.8 Å². The molecule has 6 heteroatoms. The monoisotopic (exact) mass is 266 g/mol. The van der Waals surface area contributed by atoms with Gasteiger partial charge < -0.3 is 20.4 Å². The van der Waals surface area contributed by atoms with E-state index >= 15 is 0 Å². The summed E-state index contributed by atoms with van der Waals surface area (Å²) in [5.41, 5.74) is 6.86. The molecule has 6 nitrogen and oxygen atoms in total. The van der Waals surface area contributed by atoms with Crippen molar-refractivity contribution in [3.8, 4) is 0 Å². The van der Waals surface area contributed by atoms with E-state index in [2.05, 4.69) is 10.2 Å². The van der Waals surface area contributed by atoms with E-state index in [1.807, 2.05) is 7.05 Å². The topological polar surface area (TPSA) is 72.5 Å². The molecule has 2 heterocycles. The molecular weight excluding hydrogens is 244 g/mol. The molecule has 19 heavy (non-hydrogen) atoms. The minimum absolute atomic E-state index is 0.0684. The standard InChI is InChI=1S/C13H22N4O2/c1-16-10-11(14)9-12(16)13(18)15-3-2-4-17-5-7-19-8-6-17/h9-10H,2-8,14H2,1H3,(H,15,18). The van der Waals surface area contributed by atoms with Crippen LogP contribution in [0, 0.1) is 0 Å². The SMILES string of the molecule is Cn1cc(N)cc1C(=O)NCCCN1CCOCC1. The lowest BCUT2D eigenvalue weighted by Gasteiger charge is -2.26. The van der Waals surface area contributed by atoms with E-state index in [0.29, 0.717) is 17.9 Å². The Labute approximate surface area is 113 Å². The Morgan fingerprint density at radius 2 is 2.21 bits per heavy atom. The Kier molecular flexibility index (Phi) is 4.81. The van der Waals surface area contributed by atoms with Crippen molar-refractivity contribution in [2.24, 2.45) is 7.05 Å². The first-order chi connectivity index (χ1) is 9.16. The average Bonchev–Trinajstić information content (AvgIpc) is 2.75. The highest BCUT2D eigenvalue weighted by Crippen LogP contribution is 2.08. The zero-order chi connectivity index (χ0) is 13.7. The molecule has 1 aliphatic rings. The Morgan fingerprint density at radius 1 is 1.47 bits per heavy atom. The minimum Gasteiger partial charge on any atom is -0.397 e. The van der Waals surface area contributed by atoms with Crippen molar-refractivity contribution in [3.63, 3.8) is 0 Å². The summed E-state index contributed by atoms with van der Waals surface area (Å²) in [6.45, 7) is 5.29. The van der Waals surface area contributed by atoms with Crippen molar-refractivity contribution in [2.75, 3.05) is 45.1 Å². The van der Waals surface area contributed by atoms with Crippen LogP contribution in [0.3, 0.4) is 0 Å². The predicted molar refractivity (Wildman–Crippen MR) is 74.0 cm³/mol. The fourth-order valence-electron chi connectivity index (χ4n) is 2.24. The average molecular weight is 266 g/mol. The van der Waals surface area contributed by atoms with Crippen LogP contribution in [0.4, 0.5) is 5.69 Å². The number of anilines is 1. The van der Waals surface area contributed by atoms with Gasteiger partial charge in [-0.25, -0.2) is 0 Å². The van der Waals surface area contributed by atoms with Crippen molar-refractivity contribution in [2.45, 2.75) is 6.42 Å². The number of amides is 1. The number of nitrogen functional groups attached to an aromatic ring is 1. The summed E-state index contributed by atoms with van der Waals surface area (Å²) in [5, 5.41) is 2.92. The van der Waals surface area contributed by atoms with E-state index in [9.17, 15) is 4.79 Å². The zero-order valence-electron chi connectivity index (χ0n) is 11.4. The third-order valence-electron chi connectivity index (χ3n) is 3.30. The summed E-state index contributed by atoms with van der Waals surface area (Å²) in [6.07, 6.45) is 2.69. The lowest BCUT2D eigenvalue weighted by molar-refractivity contribution is 0.0374. The maximum Gasteiger partial charge on any atom is 0.267 e. The highest BCUT2D eigenvalue weighted by atomic mass is 16.5. The normalized spacial score (nSPS) is 16.5. The number of nitrogens with zero attached hydrogens (tertiary/aromatic N) is 2. The molecule has 0 bridgehead atoms. The second kappa shape index (κ2) is 6.58.